The van der Waals surface area contributed by atoms with Gasteiger partial charge in [-0.2, -0.15) is 0 Å². The van der Waals surface area contributed by atoms with Crippen molar-refractivity contribution in [1.29, 1.82) is 0 Å². The van der Waals surface area contributed by atoms with Gasteiger partial charge in [0.1, 0.15) is 0 Å². The molecule has 0 amide bonds. The fourth-order valence-corrected chi connectivity index (χ4v) is 4.47. The first kappa shape index (κ1) is 18.0. The molecule has 138 valence electrons. The molecule has 0 radical (unpaired) electrons. The van der Waals surface area contributed by atoms with Crippen molar-refractivity contribution in [3.8, 4) is 0 Å². The molecule has 0 aliphatic carbocycles. The second kappa shape index (κ2) is 8.52. The number of fused-ring (bicyclic) bond motifs is 2. The second-order valence-electron chi connectivity index (χ2n) is 8.11. The fraction of sp³-hybridized carbons (Fsp3) is 0.947. The van der Waals surface area contributed by atoms with Crippen LogP contribution in [0.15, 0.2) is 4.99 Å². The highest BCUT2D eigenvalue weighted by Crippen LogP contribution is 2.34. The average Bonchev–Trinajstić information content (AvgIpc) is 3.28. The number of hydrogen-bond donors (Lipinski definition) is 2. The molecule has 4 atom stereocenters. The van der Waals surface area contributed by atoms with Gasteiger partial charge in [-0.25, -0.2) is 0 Å². The van der Waals surface area contributed by atoms with Crippen molar-refractivity contribution in [2.24, 2.45) is 10.9 Å². The summed E-state index contributed by atoms with van der Waals surface area (Å²) in [5, 5.41) is 7.08. The Morgan fingerprint density at radius 2 is 2.04 bits per heavy atom. The topological polar surface area (TPSA) is 48.9 Å². The molecular weight excluding hydrogens is 300 g/mol. The van der Waals surface area contributed by atoms with Gasteiger partial charge in [-0.1, -0.05) is 13.8 Å². The number of hydrogen-bond acceptors (Lipinski definition) is 3. The Balaban J connectivity index is 1.58. The first-order chi connectivity index (χ1) is 11.7. The predicted octanol–water partition coefficient (Wildman–Crippen LogP) is 2.37. The van der Waals surface area contributed by atoms with Crippen LogP contribution in [-0.4, -0.2) is 61.3 Å². The van der Waals surface area contributed by atoms with E-state index in [-0.39, 0.29) is 0 Å². The Morgan fingerprint density at radius 1 is 1.25 bits per heavy atom. The summed E-state index contributed by atoms with van der Waals surface area (Å²) in [6.07, 6.45) is 8.38. The van der Waals surface area contributed by atoms with Gasteiger partial charge in [0.15, 0.2) is 5.96 Å². The van der Waals surface area contributed by atoms with Gasteiger partial charge in [0.2, 0.25) is 0 Å². The van der Waals surface area contributed by atoms with Gasteiger partial charge in [0.25, 0.3) is 0 Å². The SMILES string of the molecule is CCNC(=NCC(CC(C)C)N1CCCC1)NC1CC2CCC1O2. The predicted molar refractivity (Wildman–Crippen MR) is 99.5 cm³/mol. The molecule has 4 unspecified atom stereocenters. The zero-order valence-electron chi connectivity index (χ0n) is 15.8. The minimum atomic E-state index is 0.392. The lowest BCUT2D eigenvalue weighted by atomic mass is 9.96. The van der Waals surface area contributed by atoms with Crippen LogP contribution in [0, 0.1) is 5.92 Å². The molecule has 0 aromatic carbocycles. The number of guanidine groups is 1. The van der Waals surface area contributed by atoms with Gasteiger partial charge < -0.3 is 15.4 Å². The number of nitrogens with one attached hydrogen (secondary N) is 2. The summed E-state index contributed by atoms with van der Waals surface area (Å²) in [7, 11) is 0. The Morgan fingerprint density at radius 3 is 2.62 bits per heavy atom. The summed E-state index contributed by atoms with van der Waals surface area (Å²) in [4.78, 5) is 7.60. The highest BCUT2D eigenvalue weighted by atomic mass is 16.5. The van der Waals surface area contributed by atoms with Gasteiger partial charge in [0.05, 0.1) is 24.8 Å². The standard InChI is InChI=1S/C19H36N4O/c1-4-20-19(22-17-12-16-7-8-18(17)24-16)21-13-15(11-14(2)3)23-9-5-6-10-23/h14-18H,4-13H2,1-3H3,(H2,20,21,22). The van der Waals surface area contributed by atoms with Crippen molar-refractivity contribution in [2.45, 2.75) is 83.6 Å². The van der Waals surface area contributed by atoms with Crippen LogP contribution in [0.2, 0.25) is 0 Å². The summed E-state index contributed by atoms with van der Waals surface area (Å²) >= 11 is 0. The van der Waals surface area contributed by atoms with E-state index >= 15 is 0 Å². The number of ether oxygens (including phenoxy) is 1. The van der Waals surface area contributed by atoms with Crippen LogP contribution in [0.1, 0.15) is 59.3 Å². The van der Waals surface area contributed by atoms with E-state index in [4.69, 9.17) is 9.73 Å². The van der Waals surface area contributed by atoms with Crippen LogP contribution in [0.4, 0.5) is 0 Å². The normalized spacial score (nSPS) is 31.8. The highest BCUT2D eigenvalue weighted by molar-refractivity contribution is 5.80. The van der Waals surface area contributed by atoms with E-state index in [1.807, 2.05) is 0 Å². The number of aliphatic imine (C=N–C) groups is 1. The van der Waals surface area contributed by atoms with Crippen LogP contribution < -0.4 is 10.6 Å². The minimum absolute atomic E-state index is 0.392. The van der Waals surface area contributed by atoms with Crippen LogP contribution in [0.5, 0.6) is 0 Å². The second-order valence-corrected chi connectivity index (χ2v) is 8.11. The van der Waals surface area contributed by atoms with Gasteiger partial charge in [-0.15, -0.1) is 0 Å². The lowest BCUT2D eigenvalue weighted by molar-refractivity contribution is 0.0992. The molecule has 3 saturated heterocycles. The lowest BCUT2D eigenvalue weighted by Crippen LogP contribution is -2.48. The Hall–Kier alpha value is -0.810. The number of nitrogens with zero attached hydrogens (tertiary/aromatic N) is 2. The van der Waals surface area contributed by atoms with Crippen LogP contribution in [-0.2, 0) is 4.74 Å². The van der Waals surface area contributed by atoms with E-state index < -0.39 is 0 Å². The molecule has 0 aromatic rings. The summed E-state index contributed by atoms with van der Waals surface area (Å²) < 4.78 is 5.97. The summed E-state index contributed by atoms with van der Waals surface area (Å²) in [6, 6.07) is 1.02. The van der Waals surface area contributed by atoms with E-state index in [1.54, 1.807) is 0 Å². The van der Waals surface area contributed by atoms with Crippen LogP contribution in [0.3, 0.4) is 0 Å². The zero-order valence-corrected chi connectivity index (χ0v) is 15.8. The maximum Gasteiger partial charge on any atom is 0.191 e. The number of rotatable bonds is 7. The molecule has 3 fully saturated rings. The minimum Gasteiger partial charge on any atom is -0.373 e. The monoisotopic (exact) mass is 336 g/mol. The molecule has 0 saturated carbocycles. The van der Waals surface area contributed by atoms with Gasteiger partial charge in [-0.05, 0) is 64.5 Å². The van der Waals surface area contributed by atoms with E-state index in [0.29, 0.717) is 24.3 Å². The van der Waals surface area contributed by atoms with E-state index in [2.05, 4.69) is 36.3 Å². The molecule has 24 heavy (non-hydrogen) atoms. The Kier molecular flexibility index (Phi) is 6.39. The quantitative estimate of drug-likeness (QED) is 0.553. The van der Waals surface area contributed by atoms with Crippen LogP contribution in [0.25, 0.3) is 0 Å². The fourth-order valence-electron chi connectivity index (χ4n) is 4.47. The smallest absolute Gasteiger partial charge is 0.191 e. The van der Waals surface area contributed by atoms with E-state index in [0.717, 1.165) is 31.4 Å². The third-order valence-electron chi connectivity index (χ3n) is 5.63. The third-order valence-corrected chi connectivity index (χ3v) is 5.63. The Labute approximate surface area is 147 Å². The zero-order chi connectivity index (χ0) is 16.9. The largest absolute Gasteiger partial charge is 0.373 e. The first-order valence-electron chi connectivity index (χ1n) is 10.1. The maximum atomic E-state index is 5.97. The molecule has 2 bridgehead atoms. The number of likely N-dealkylation sites (tertiary alicyclic amines) is 1. The first-order valence-corrected chi connectivity index (χ1v) is 10.1. The Bertz CT molecular complexity index is 420. The van der Waals surface area contributed by atoms with Gasteiger partial charge in [-0.3, -0.25) is 9.89 Å². The van der Waals surface area contributed by atoms with Crippen molar-refractivity contribution in [3.05, 3.63) is 0 Å². The van der Waals surface area contributed by atoms with Crippen molar-refractivity contribution < 1.29 is 4.74 Å². The summed E-state index contributed by atoms with van der Waals surface area (Å²) in [6.45, 7) is 11.1. The van der Waals surface area contributed by atoms with Crippen molar-refractivity contribution in [3.63, 3.8) is 0 Å². The highest BCUT2D eigenvalue weighted by Gasteiger charge is 2.41. The maximum absolute atomic E-state index is 5.97. The molecule has 5 nitrogen and oxygen atoms in total. The molecule has 3 heterocycles. The molecular formula is C19H36N4O. The molecule has 0 aromatic heterocycles. The summed E-state index contributed by atoms with van der Waals surface area (Å²) in [5.41, 5.74) is 0. The van der Waals surface area contributed by atoms with Crippen molar-refractivity contribution in [2.75, 3.05) is 26.2 Å². The molecule has 2 N–H and O–H groups in total. The van der Waals surface area contributed by atoms with Crippen LogP contribution >= 0.6 is 0 Å². The molecule has 3 rings (SSSR count). The average molecular weight is 337 g/mol. The molecule has 5 heteroatoms. The van der Waals surface area contributed by atoms with Gasteiger partial charge in [0, 0.05) is 12.6 Å². The van der Waals surface area contributed by atoms with Crippen molar-refractivity contribution in [1.82, 2.24) is 15.5 Å². The van der Waals surface area contributed by atoms with Gasteiger partial charge >= 0.3 is 0 Å². The van der Waals surface area contributed by atoms with E-state index in [9.17, 15) is 0 Å². The lowest BCUT2D eigenvalue weighted by Gasteiger charge is -2.28. The van der Waals surface area contributed by atoms with Crippen molar-refractivity contribution >= 4 is 5.96 Å². The van der Waals surface area contributed by atoms with E-state index in [1.165, 1.54) is 45.2 Å². The summed E-state index contributed by atoms with van der Waals surface area (Å²) in [5.74, 6) is 1.70. The third kappa shape index (κ3) is 4.63. The molecule has 0 spiro atoms. The molecule has 3 aliphatic heterocycles. The molecule has 3 aliphatic rings.